The van der Waals surface area contributed by atoms with Crippen molar-refractivity contribution in [1.82, 2.24) is 19.1 Å². The molecule has 7 rings (SSSR count). The zero-order valence-electron chi connectivity index (χ0n) is 16.4. The smallest absolute Gasteiger partial charge is 0.146 e. The predicted octanol–water partition coefficient (Wildman–Crippen LogP) is 6.73. The van der Waals surface area contributed by atoms with Crippen molar-refractivity contribution in [2.75, 3.05) is 0 Å². The Kier molecular flexibility index (Phi) is 3.40. The van der Waals surface area contributed by atoms with Gasteiger partial charge in [0.05, 0.1) is 11.0 Å². The second kappa shape index (κ2) is 6.27. The van der Waals surface area contributed by atoms with E-state index in [0.29, 0.717) is 0 Å². The Hall–Kier alpha value is -3.96. The lowest BCUT2D eigenvalue weighted by Gasteiger charge is -2.05. The van der Waals surface area contributed by atoms with Gasteiger partial charge in [0.25, 0.3) is 0 Å². The van der Waals surface area contributed by atoms with Crippen LogP contribution in [0, 0.1) is 0 Å². The van der Waals surface area contributed by atoms with E-state index in [-0.39, 0.29) is 0 Å². The summed E-state index contributed by atoms with van der Waals surface area (Å²) in [4.78, 5) is 9.43. The fraction of sp³-hybridized carbons (Fsp3) is 0. The minimum atomic E-state index is 0.984. The molecule has 0 bridgehead atoms. The van der Waals surface area contributed by atoms with E-state index in [1.807, 2.05) is 24.5 Å². The summed E-state index contributed by atoms with van der Waals surface area (Å²) in [6.07, 6.45) is 3.73. The molecule has 0 radical (unpaired) electrons. The maximum Gasteiger partial charge on any atom is 0.146 e. The van der Waals surface area contributed by atoms with Crippen molar-refractivity contribution in [2.24, 2.45) is 0 Å². The molecule has 0 aliphatic carbocycles. The van der Waals surface area contributed by atoms with Crippen molar-refractivity contribution in [3.05, 3.63) is 97.3 Å². The molecule has 0 aliphatic rings. The monoisotopic (exact) mass is 416 g/mol. The zero-order valence-corrected chi connectivity index (χ0v) is 17.3. The van der Waals surface area contributed by atoms with Crippen molar-refractivity contribution < 1.29 is 0 Å². The van der Waals surface area contributed by atoms with Crippen LogP contribution in [0.5, 0.6) is 0 Å². The van der Waals surface area contributed by atoms with Crippen molar-refractivity contribution in [3.8, 4) is 10.0 Å². The molecule has 0 N–H and O–H groups in total. The molecule has 0 spiro atoms. The summed E-state index contributed by atoms with van der Waals surface area (Å²) in [7, 11) is 0. The van der Waals surface area contributed by atoms with Crippen molar-refractivity contribution in [3.63, 3.8) is 0 Å². The molecule has 0 atom stereocenters. The van der Waals surface area contributed by atoms with Gasteiger partial charge in [-0.3, -0.25) is 9.13 Å². The van der Waals surface area contributed by atoms with Crippen LogP contribution >= 0.6 is 11.3 Å². The number of pyridine rings is 2. The maximum atomic E-state index is 4.72. The number of benzene rings is 2. The lowest BCUT2D eigenvalue weighted by atomic mass is 10.2. The zero-order chi connectivity index (χ0) is 20.4. The quantitative estimate of drug-likeness (QED) is 0.313. The topological polar surface area (TPSA) is 35.6 Å². The van der Waals surface area contributed by atoms with Crippen LogP contribution in [-0.2, 0) is 0 Å². The van der Waals surface area contributed by atoms with Gasteiger partial charge in [-0.2, -0.15) is 0 Å². The Morgan fingerprint density at radius 3 is 1.45 bits per heavy atom. The van der Waals surface area contributed by atoms with Crippen molar-refractivity contribution in [2.45, 2.75) is 0 Å². The first-order chi connectivity index (χ1) is 15.4. The van der Waals surface area contributed by atoms with E-state index in [2.05, 4.69) is 81.9 Å². The number of thiophene rings is 1. The van der Waals surface area contributed by atoms with Gasteiger partial charge in [0, 0.05) is 33.9 Å². The fourth-order valence-corrected chi connectivity index (χ4v) is 5.63. The number of rotatable bonds is 2. The molecule has 2 aromatic carbocycles. The summed E-state index contributed by atoms with van der Waals surface area (Å²) >= 11 is 1.75. The Labute approximate surface area is 181 Å². The second-order valence-electron chi connectivity index (χ2n) is 7.57. The Balaban J connectivity index is 1.53. The molecular formula is C26H16N4S. The summed E-state index contributed by atoms with van der Waals surface area (Å²) in [6.45, 7) is 0. The third kappa shape index (κ3) is 2.29. The Morgan fingerprint density at radius 1 is 0.484 bits per heavy atom. The minimum Gasteiger partial charge on any atom is -0.285 e. The molecule has 5 heteroatoms. The number of fused-ring (bicyclic) bond motifs is 6. The molecule has 0 saturated carbocycles. The lowest BCUT2D eigenvalue weighted by Crippen LogP contribution is -1.93. The summed E-state index contributed by atoms with van der Waals surface area (Å²) in [5.41, 5.74) is 4.31. The normalized spacial score (nSPS) is 11.9. The highest BCUT2D eigenvalue weighted by molar-refractivity contribution is 7.17. The number of para-hydroxylation sites is 2. The van der Waals surface area contributed by atoms with Crippen LogP contribution in [0.1, 0.15) is 0 Å². The van der Waals surface area contributed by atoms with Gasteiger partial charge in [-0.1, -0.05) is 47.7 Å². The average Bonchev–Trinajstić information content (AvgIpc) is 3.51. The standard InChI is InChI=1S/C26H16N4S/c1-3-11-21-17(7-1)19-9-5-15-27-25(19)29(21)23-13-14-24(31-23)30-22-12-4-2-8-18(22)20-10-6-16-28-26(20)30/h1-16H. The molecule has 146 valence electrons. The number of hydrogen-bond acceptors (Lipinski definition) is 3. The third-order valence-electron chi connectivity index (χ3n) is 5.89. The molecule has 0 amide bonds. The first-order valence-corrected chi connectivity index (χ1v) is 11.0. The highest BCUT2D eigenvalue weighted by Gasteiger charge is 2.17. The van der Waals surface area contributed by atoms with E-state index in [4.69, 9.17) is 9.97 Å². The van der Waals surface area contributed by atoms with Crippen LogP contribution in [0.4, 0.5) is 0 Å². The Bertz CT molecular complexity index is 1520. The number of nitrogens with zero attached hydrogens (tertiary/aromatic N) is 4. The fourth-order valence-electron chi connectivity index (χ4n) is 4.60. The van der Waals surface area contributed by atoms with Gasteiger partial charge in [0.2, 0.25) is 0 Å². The molecule has 7 aromatic rings. The molecule has 4 nitrogen and oxygen atoms in total. The molecule has 5 aromatic heterocycles. The van der Waals surface area contributed by atoms with Gasteiger partial charge in [-0.25, -0.2) is 9.97 Å². The largest absolute Gasteiger partial charge is 0.285 e. The van der Waals surface area contributed by atoms with Crippen LogP contribution in [0.2, 0.25) is 0 Å². The summed E-state index contributed by atoms with van der Waals surface area (Å²) < 4.78 is 4.53. The molecule has 5 heterocycles. The number of hydrogen-bond donors (Lipinski definition) is 0. The van der Waals surface area contributed by atoms with Crippen LogP contribution in [0.15, 0.2) is 97.3 Å². The van der Waals surface area contributed by atoms with E-state index in [1.165, 1.54) is 32.6 Å². The van der Waals surface area contributed by atoms with Crippen molar-refractivity contribution in [1.29, 1.82) is 0 Å². The summed E-state index contributed by atoms with van der Waals surface area (Å²) in [5.74, 6) is 0. The van der Waals surface area contributed by atoms with Gasteiger partial charge in [0.1, 0.15) is 21.3 Å². The van der Waals surface area contributed by atoms with E-state index in [0.717, 1.165) is 21.3 Å². The van der Waals surface area contributed by atoms with Crippen molar-refractivity contribution >= 4 is 55.2 Å². The summed E-state index contributed by atoms with van der Waals surface area (Å²) in [6, 6.07) is 29.7. The minimum absolute atomic E-state index is 0.984. The van der Waals surface area contributed by atoms with Crippen LogP contribution in [0.3, 0.4) is 0 Å². The average molecular weight is 417 g/mol. The van der Waals surface area contributed by atoms with E-state index in [1.54, 1.807) is 11.3 Å². The second-order valence-corrected chi connectivity index (χ2v) is 8.61. The highest BCUT2D eigenvalue weighted by atomic mass is 32.1. The van der Waals surface area contributed by atoms with Gasteiger partial charge in [0.15, 0.2) is 0 Å². The van der Waals surface area contributed by atoms with Crippen LogP contribution in [0.25, 0.3) is 53.9 Å². The first-order valence-electron chi connectivity index (χ1n) is 10.2. The molecule has 0 saturated heterocycles. The first kappa shape index (κ1) is 16.8. The van der Waals surface area contributed by atoms with Crippen LogP contribution < -0.4 is 0 Å². The van der Waals surface area contributed by atoms with Gasteiger partial charge in [-0.05, 0) is 48.5 Å². The molecule has 0 unspecified atom stereocenters. The lowest BCUT2D eigenvalue weighted by molar-refractivity contribution is 1.17. The van der Waals surface area contributed by atoms with Gasteiger partial charge < -0.3 is 0 Å². The third-order valence-corrected chi connectivity index (χ3v) is 6.94. The van der Waals surface area contributed by atoms with Gasteiger partial charge in [-0.15, -0.1) is 0 Å². The molecule has 0 aliphatic heterocycles. The Morgan fingerprint density at radius 2 is 0.935 bits per heavy atom. The highest BCUT2D eigenvalue weighted by Crippen LogP contribution is 2.37. The van der Waals surface area contributed by atoms with E-state index >= 15 is 0 Å². The summed E-state index contributed by atoms with van der Waals surface area (Å²) in [5, 5.41) is 7.07. The maximum absolute atomic E-state index is 4.72. The number of aromatic nitrogens is 4. The SMILES string of the molecule is c1ccc2c(c1)c1cccnc1n2-c1ccc(-n2c3ccccc3c3cccnc32)s1. The van der Waals surface area contributed by atoms with E-state index in [9.17, 15) is 0 Å². The van der Waals surface area contributed by atoms with Crippen LogP contribution in [-0.4, -0.2) is 19.1 Å². The molecular weight excluding hydrogens is 400 g/mol. The molecule has 31 heavy (non-hydrogen) atoms. The predicted molar refractivity (Wildman–Crippen MR) is 129 cm³/mol. The molecule has 0 fully saturated rings. The van der Waals surface area contributed by atoms with Gasteiger partial charge >= 0.3 is 0 Å². The van der Waals surface area contributed by atoms with E-state index < -0.39 is 0 Å².